The summed E-state index contributed by atoms with van der Waals surface area (Å²) >= 11 is 0. The summed E-state index contributed by atoms with van der Waals surface area (Å²) in [6.45, 7) is 1.84. The molecule has 0 saturated carbocycles. The highest BCUT2D eigenvalue weighted by molar-refractivity contribution is 6.03. The van der Waals surface area contributed by atoms with Crippen LogP contribution in [0.3, 0.4) is 0 Å². The second kappa shape index (κ2) is 6.55. The van der Waals surface area contributed by atoms with E-state index in [4.69, 9.17) is 9.47 Å². The molecule has 1 N–H and O–H groups in total. The number of ketones is 1. The predicted octanol–water partition coefficient (Wildman–Crippen LogP) is 1.07. The molecule has 0 amide bonds. The van der Waals surface area contributed by atoms with Crippen LogP contribution >= 0.6 is 0 Å². The van der Waals surface area contributed by atoms with Gasteiger partial charge in [0.2, 0.25) is 5.78 Å². The van der Waals surface area contributed by atoms with Crippen molar-refractivity contribution >= 4 is 17.7 Å². The van der Waals surface area contributed by atoms with E-state index in [1.165, 1.54) is 20.1 Å². The van der Waals surface area contributed by atoms with Crippen LogP contribution in [-0.4, -0.2) is 36.5 Å². The first-order chi connectivity index (χ1) is 9.35. The lowest BCUT2D eigenvalue weighted by atomic mass is 10.1. The van der Waals surface area contributed by atoms with Gasteiger partial charge in [0, 0.05) is 26.0 Å². The van der Waals surface area contributed by atoms with Crippen LogP contribution in [-0.2, 0) is 14.3 Å². The Balaban J connectivity index is 3.09. The summed E-state index contributed by atoms with van der Waals surface area (Å²) in [5, 5.41) is 9.82. The molecule has 0 aliphatic carbocycles. The number of rotatable bonds is 5. The Labute approximate surface area is 115 Å². The van der Waals surface area contributed by atoms with Gasteiger partial charge in [0.15, 0.2) is 6.61 Å². The number of carbonyl (C=O) groups excluding carboxylic acids is 3. The molecular formula is C13H14O7. The van der Waals surface area contributed by atoms with E-state index in [9.17, 15) is 19.5 Å². The first-order valence-corrected chi connectivity index (χ1v) is 5.61. The molecular weight excluding hydrogens is 268 g/mol. The molecule has 0 atom stereocenters. The van der Waals surface area contributed by atoms with Gasteiger partial charge in [-0.05, 0) is 0 Å². The topological polar surface area (TPSA) is 99.1 Å². The van der Waals surface area contributed by atoms with E-state index in [-0.39, 0.29) is 17.1 Å². The maximum absolute atomic E-state index is 11.9. The molecule has 0 heterocycles. The molecule has 1 aromatic carbocycles. The molecule has 0 unspecified atom stereocenters. The number of hydrogen-bond acceptors (Lipinski definition) is 7. The third-order valence-corrected chi connectivity index (χ3v) is 2.22. The number of hydrogen-bond donors (Lipinski definition) is 1. The summed E-state index contributed by atoms with van der Waals surface area (Å²) in [5.41, 5.74) is -0.148. The van der Waals surface area contributed by atoms with Crippen LogP contribution in [0, 0.1) is 0 Å². The maximum Gasteiger partial charge on any atom is 0.308 e. The molecule has 1 aromatic rings. The Kier molecular flexibility index (Phi) is 5.08. The number of carbonyl (C=O) groups is 3. The third kappa shape index (κ3) is 3.98. The molecule has 0 radical (unpaired) electrons. The zero-order chi connectivity index (χ0) is 15.3. The number of benzene rings is 1. The largest absolute Gasteiger partial charge is 0.507 e. The van der Waals surface area contributed by atoms with Gasteiger partial charge < -0.3 is 19.3 Å². The molecule has 20 heavy (non-hydrogen) atoms. The molecule has 0 bridgehead atoms. The van der Waals surface area contributed by atoms with E-state index in [1.54, 1.807) is 0 Å². The van der Waals surface area contributed by atoms with Crippen molar-refractivity contribution in [1.29, 1.82) is 0 Å². The van der Waals surface area contributed by atoms with Gasteiger partial charge in [0.1, 0.15) is 22.8 Å². The van der Waals surface area contributed by atoms with Crippen LogP contribution in [0.5, 0.6) is 17.2 Å². The second-order valence-electron chi connectivity index (χ2n) is 3.82. The molecule has 108 valence electrons. The minimum Gasteiger partial charge on any atom is -0.507 e. The van der Waals surface area contributed by atoms with Gasteiger partial charge in [-0.15, -0.1) is 0 Å². The van der Waals surface area contributed by atoms with Crippen molar-refractivity contribution in [3.8, 4) is 17.2 Å². The minimum absolute atomic E-state index is 0.0124. The monoisotopic (exact) mass is 282 g/mol. The highest BCUT2D eigenvalue weighted by Crippen LogP contribution is 2.33. The zero-order valence-corrected chi connectivity index (χ0v) is 11.3. The molecule has 0 spiro atoms. The standard InChI is InChI=1S/C13H14O7/c1-7(14)19-6-11(17)13-10(16)4-9(20-8(2)15)5-12(13)18-3/h4-5,16H,6H2,1-3H3. The fraction of sp³-hybridized carbons (Fsp3) is 0.308. The lowest BCUT2D eigenvalue weighted by Gasteiger charge is -2.11. The van der Waals surface area contributed by atoms with Gasteiger partial charge >= 0.3 is 11.9 Å². The Morgan fingerprint density at radius 3 is 2.30 bits per heavy atom. The van der Waals surface area contributed by atoms with Crippen molar-refractivity contribution in [2.75, 3.05) is 13.7 Å². The summed E-state index contributed by atoms with van der Waals surface area (Å²) in [4.78, 5) is 33.4. The normalized spacial score (nSPS) is 9.75. The average molecular weight is 282 g/mol. The van der Waals surface area contributed by atoms with Crippen molar-refractivity contribution in [3.63, 3.8) is 0 Å². The number of methoxy groups -OCH3 is 1. The Bertz CT molecular complexity index is 548. The van der Waals surface area contributed by atoms with Crippen molar-refractivity contribution in [1.82, 2.24) is 0 Å². The number of ether oxygens (including phenoxy) is 3. The fourth-order valence-electron chi connectivity index (χ4n) is 1.48. The van der Waals surface area contributed by atoms with Crippen molar-refractivity contribution in [2.45, 2.75) is 13.8 Å². The molecule has 7 heteroatoms. The van der Waals surface area contributed by atoms with E-state index < -0.39 is 30.1 Å². The molecule has 0 aliphatic heterocycles. The number of phenolic OH excluding ortho intramolecular Hbond substituents is 1. The van der Waals surface area contributed by atoms with Gasteiger partial charge in [-0.3, -0.25) is 14.4 Å². The Morgan fingerprint density at radius 1 is 1.15 bits per heavy atom. The van der Waals surface area contributed by atoms with Crippen LogP contribution in [0.1, 0.15) is 24.2 Å². The van der Waals surface area contributed by atoms with E-state index in [1.807, 2.05) is 0 Å². The third-order valence-electron chi connectivity index (χ3n) is 2.22. The van der Waals surface area contributed by atoms with Crippen molar-refractivity contribution in [2.24, 2.45) is 0 Å². The maximum atomic E-state index is 11.9. The zero-order valence-electron chi connectivity index (χ0n) is 11.3. The smallest absolute Gasteiger partial charge is 0.308 e. The van der Waals surface area contributed by atoms with Crippen molar-refractivity contribution in [3.05, 3.63) is 17.7 Å². The van der Waals surface area contributed by atoms with Crippen LogP contribution in [0.4, 0.5) is 0 Å². The van der Waals surface area contributed by atoms with E-state index in [0.29, 0.717) is 0 Å². The summed E-state index contributed by atoms with van der Waals surface area (Å²) in [5.74, 6) is -2.21. The van der Waals surface area contributed by atoms with Gasteiger partial charge in [0.05, 0.1) is 7.11 Å². The molecule has 7 nitrogen and oxygen atoms in total. The fourth-order valence-corrected chi connectivity index (χ4v) is 1.48. The second-order valence-corrected chi connectivity index (χ2v) is 3.82. The lowest BCUT2D eigenvalue weighted by molar-refractivity contribution is -0.139. The van der Waals surface area contributed by atoms with Crippen LogP contribution < -0.4 is 9.47 Å². The summed E-state index contributed by atoms with van der Waals surface area (Å²) in [6.07, 6.45) is 0. The average Bonchev–Trinajstić information content (AvgIpc) is 2.34. The molecule has 0 fully saturated rings. The molecule has 0 aromatic heterocycles. The predicted molar refractivity (Wildman–Crippen MR) is 66.9 cm³/mol. The quantitative estimate of drug-likeness (QED) is 0.490. The number of phenols is 1. The summed E-state index contributed by atoms with van der Waals surface area (Å²) < 4.78 is 14.3. The highest BCUT2D eigenvalue weighted by Gasteiger charge is 2.20. The summed E-state index contributed by atoms with van der Waals surface area (Å²) in [6, 6.07) is 2.38. The highest BCUT2D eigenvalue weighted by atomic mass is 16.5. The Hall–Kier alpha value is -2.57. The first-order valence-electron chi connectivity index (χ1n) is 5.61. The van der Waals surface area contributed by atoms with E-state index >= 15 is 0 Å². The SMILES string of the molecule is COc1cc(OC(C)=O)cc(O)c1C(=O)COC(C)=O. The van der Waals surface area contributed by atoms with Gasteiger partial charge in [-0.2, -0.15) is 0 Å². The lowest BCUT2D eigenvalue weighted by Crippen LogP contribution is -2.13. The number of Topliss-reactive ketones (excluding diaryl/α,β-unsaturated/α-hetero) is 1. The number of aromatic hydroxyl groups is 1. The van der Waals surface area contributed by atoms with E-state index in [2.05, 4.69) is 4.74 Å². The van der Waals surface area contributed by atoms with Crippen LogP contribution in [0.25, 0.3) is 0 Å². The minimum atomic E-state index is -0.635. The first kappa shape index (κ1) is 15.5. The summed E-state index contributed by atoms with van der Waals surface area (Å²) in [7, 11) is 1.29. The molecule has 0 aliphatic rings. The van der Waals surface area contributed by atoms with Gasteiger partial charge in [-0.25, -0.2) is 0 Å². The molecule has 1 rings (SSSR count). The number of esters is 2. The van der Waals surface area contributed by atoms with Crippen LogP contribution in [0.15, 0.2) is 12.1 Å². The molecule has 0 saturated heterocycles. The van der Waals surface area contributed by atoms with Gasteiger partial charge in [-0.1, -0.05) is 0 Å². The van der Waals surface area contributed by atoms with Crippen LogP contribution in [0.2, 0.25) is 0 Å². The van der Waals surface area contributed by atoms with Crippen molar-refractivity contribution < 1.29 is 33.7 Å². The van der Waals surface area contributed by atoms with E-state index in [0.717, 1.165) is 13.0 Å². The van der Waals surface area contributed by atoms with Gasteiger partial charge in [0.25, 0.3) is 0 Å². The Morgan fingerprint density at radius 2 is 1.80 bits per heavy atom.